The smallest absolute Gasteiger partial charge is 0.243 e. The van der Waals surface area contributed by atoms with Gasteiger partial charge >= 0.3 is 0 Å². The predicted octanol–water partition coefficient (Wildman–Crippen LogP) is 3.90. The molecule has 1 heterocycles. The van der Waals surface area contributed by atoms with Crippen LogP contribution in [0.4, 0.5) is 0 Å². The van der Waals surface area contributed by atoms with E-state index in [0.717, 1.165) is 45.8 Å². The number of methoxy groups -OCH3 is 2. The molecule has 31 heavy (non-hydrogen) atoms. The zero-order valence-electron chi connectivity index (χ0n) is 18.1. The second kappa shape index (κ2) is 9.70. The van der Waals surface area contributed by atoms with Crippen LogP contribution >= 0.6 is 11.8 Å². The molecule has 0 aliphatic heterocycles. The van der Waals surface area contributed by atoms with E-state index in [9.17, 15) is 9.59 Å². The Morgan fingerprint density at radius 2 is 1.45 bits per heavy atom. The summed E-state index contributed by atoms with van der Waals surface area (Å²) in [7, 11) is 6.50. The van der Waals surface area contributed by atoms with Crippen molar-refractivity contribution in [3.8, 4) is 34.0 Å². The minimum Gasteiger partial charge on any atom is -0.497 e. The van der Waals surface area contributed by atoms with Crippen LogP contribution < -0.4 is 9.47 Å². The Kier molecular flexibility index (Phi) is 7.02. The maximum atomic E-state index is 12.5. The number of carbonyl (C=O) groups is 2. The molecule has 1 amide bonds. The van der Waals surface area contributed by atoms with Gasteiger partial charge in [0, 0.05) is 25.2 Å². The first-order valence-corrected chi connectivity index (χ1v) is 10.5. The molecule has 0 bridgehead atoms. The number of imidazole rings is 1. The van der Waals surface area contributed by atoms with Crippen LogP contribution in [-0.4, -0.2) is 60.1 Å². The third-order valence-corrected chi connectivity index (χ3v) is 5.87. The van der Waals surface area contributed by atoms with Gasteiger partial charge in [-0.1, -0.05) is 11.8 Å². The van der Waals surface area contributed by atoms with Crippen molar-refractivity contribution >= 4 is 23.5 Å². The fraction of sp³-hybridized carbons (Fsp3) is 0.261. The predicted molar refractivity (Wildman–Crippen MR) is 122 cm³/mol. The number of amides is 1. The first-order valence-electron chi connectivity index (χ1n) is 9.61. The van der Waals surface area contributed by atoms with Crippen LogP contribution in [0.15, 0.2) is 53.7 Å². The summed E-state index contributed by atoms with van der Waals surface area (Å²) in [5.74, 6) is 0.994. The fourth-order valence-electron chi connectivity index (χ4n) is 2.99. The molecule has 1 unspecified atom stereocenters. The van der Waals surface area contributed by atoms with Crippen molar-refractivity contribution < 1.29 is 19.1 Å². The molecule has 1 atom stereocenters. The molecule has 162 valence electrons. The topological polar surface area (TPSA) is 84.5 Å². The van der Waals surface area contributed by atoms with Gasteiger partial charge in [0.1, 0.15) is 16.7 Å². The van der Waals surface area contributed by atoms with E-state index in [2.05, 4.69) is 4.98 Å². The molecular formula is C23H25N3O4S. The number of hydrogen-bond acceptors (Lipinski definition) is 6. The number of thioether (sulfide) groups is 1. The van der Waals surface area contributed by atoms with Gasteiger partial charge in [-0.2, -0.15) is 0 Å². The van der Waals surface area contributed by atoms with Gasteiger partial charge < -0.3 is 19.4 Å². The van der Waals surface area contributed by atoms with Crippen molar-refractivity contribution in [3.05, 3.63) is 48.5 Å². The Labute approximate surface area is 185 Å². The molecule has 0 aliphatic rings. The minimum atomic E-state index is -0.867. The number of carbonyl (C=O) groups excluding carboxylic acids is 2. The number of ketones is 1. The number of hydrogen-bond donors (Lipinski definition) is 1. The summed E-state index contributed by atoms with van der Waals surface area (Å²) in [5, 5.41) is -0.374. The van der Waals surface area contributed by atoms with Crippen molar-refractivity contribution in [2.24, 2.45) is 0 Å². The molecule has 7 nitrogen and oxygen atoms in total. The zero-order chi connectivity index (χ0) is 22.5. The monoisotopic (exact) mass is 439 g/mol. The Morgan fingerprint density at radius 3 is 1.90 bits per heavy atom. The third-order valence-electron chi connectivity index (χ3n) is 4.69. The van der Waals surface area contributed by atoms with Crippen LogP contribution in [0.5, 0.6) is 11.5 Å². The highest BCUT2D eigenvalue weighted by Crippen LogP contribution is 2.35. The number of nitrogens with zero attached hydrogens (tertiary/aromatic N) is 2. The minimum absolute atomic E-state index is 0.225. The molecule has 2 aromatic carbocycles. The van der Waals surface area contributed by atoms with Gasteiger partial charge in [-0.15, -0.1) is 0 Å². The van der Waals surface area contributed by atoms with Crippen molar-refractivity contribution in [1.82, 2.24) is 14.9 Å². The lowest BCUT2D eigenvalue weighted by Crippen LogP contribution is -2.35. The second-order valence-corrected chi connectivity index (χ2v) is 8.16. The van der Waals surface area contributed by atoms with E-state index < -0.39 is 5.25 Å². The van der Waals surface area contributed by atoms with Gasteiger partial charge in [0.25, 0.3) is 0 Å². The number of rotatable bonds is 8. The average molecular weight is 440 g/mol. The number of ether oxygens (including phenoxy) is 2. The largest absolute Gasteiger partial charge is 0.497 e. The molecule has 8 heteroatoms. The fourth-order valence-corrected chi connectivity index (χ4v) is 3.99. The summed E-state index contributed by atoms with van der Waals surface area (Å²) in [6.45, 7) is 1.41. The number of nitrogens with one attached hydrogen (secondary N) is 1. The van der Waals surface area contributed by atoms with E-state index in [1.54, 1.807) is 28.3 Å². The normalized spacial score (nSPS) is 11.6. The molecule has 1 aromatic heterocycles. The van der Waals surface area contributed by atoms with Gasteiger partial charge in [-0.05, 0) is 55.5 Å². The molecule has 0 spiro atoms. The van der Waals surface area contributed by atoms with Crippen LogP contribution in [0.25, 0.3) is 22.5 Å². The molecular weight excluding hydrogens is 414 g/mol. The standard InChI is InChI=1S/C23H25N3O4S/c1-14(27)21(22(28)26(2)3)31-23-24-19(15-6-10-17(29-4)11-7-15)20(25-23)16-8-12-18(30-5)13-9-16/h6-13,21H,1-5H3,(H,24,25). The first kappa shape index (κ1) is 22.4. The summed E-state index contributed by atoms with van der Waals surface area (Å²) in [6.07, 6.45) is 0. The molecule has 0 saturated carbocycles. The van der Waals surface area contributed by atoms with Crippen LogP contribution in [0.3, 0.4) is 0 Å². The zero-order valence-corrected chi connectivity index (χ0v) is 18.9. The Balaban J connectivity index is 2.05. The molecule has 3 rings (SSSR count). The summed E-state index contributed by atoms with van der Waals surface area (Å²) in [5.41, 5.74) is 3.29. The van der Waals surface area contributed by atoms with Gasteiger partial charge in [0.2, 0.25) is 5.91 Å². The highest BCUT2D eigenvalue weighted by molar-refractivity contribution is 8.01. The Bertz CT molecular complexity index is 994. The van der Waals surface area contributed by atoms with Crippen LogP contribution in [0, 0.1) is 0 Å². The van der Waals surface area contributed by atoms with E-state index in [4.69, 9.17) is 14.5 Å². The third kappa shape index (κ3) is 5.08. The lowest BCUT2D eigenvalue weighted by molar-refractivity contribution is -0.132. The second-order valence-electron chi connectivity index (χ2n) is 7.06. The molecule has 0 aliphatic carbocycles. The quantitative estimate of drug-likeness (QED) is 0.423. The number of aromatic amines is 1. The van der Waals surface area contributed by atoms with E-state index in [1.807, 2.05) is 48.5 Å². The molecule has 0 saturated heterocycles. The number of aromatic nitrogens is 2. The van der Waals surface area contributed by atoms with Crippen LogP contribution in [0.1, 0.15) is 6.92 Å². The van der Waals surface area contributed by atoms with Crippen molar-refractivity contribution in [1.29, 1.82) is 0 Å². The van der Waals surface area contributed by atoms with E-state index in [1.165, 1.54) is 11.8 Å². The Morgan fingerprint density at radius 1 is 0.935 bits per heavy atom. The van der Waals surface area contributed by atoms with Gasteiger partial charge in [-0.3, -0.25) is 9.59 Å². The van der Waals surface area contributed by atoms with E-state index >= 15 is 0 Å². The van der Waals surface area contributed by atoms with Gasteiger partial charge in [0.15, 0.2) is 10.9 Å². The SMILES string of the molecule is COc1ccc(-c2nc(SC(C(C)=O)C(=O)N(C)C)[nH]c2-c2ccc(OC)cc2)cc1. The highest BCUT2D eigenvalue weighted by Gasteiger charge is 2.28. The summed E-state index contributed by atoms with van der Waals surface area (Å²) in [6, 6.07) is 15.2. The number of benzene rings is 2. The molecule has 0 radical (unpaired) electrons. The maximum Gasteiger partial charge on any atom is 0.243 e. The molecule has 0 fully saturated rings. The summed E-state index contributed by atoms with van der Waals surface area (Å²) < 4.78 is 10.5. The average Bonchev–Trinajstić information content (AvgIpc) is 3.20. The number of H-pyrrole nitrogens is 1. The van der Waals surface area contributed by atoms with Gasteiger partial charge in [0.05, 0.1) is 25.6 Å². The molecule has 3 aromatic rings. The summed E-state index contributed by atoms with van der Waals surface area (Å²) >= 11 is 1.12. The Hall–Kier alpha value is -3.26. The van der Waals surface area contributed by atoms with Gasteiger partial charge in [-0.25, -0.2) is 4.98 Å². The van der Waals surface area contributed by atoms with Crippen molar-refractivity contribution in [3.63, 3.8) is 0 Å². The lowest BCUT2D eigenvalue weighted by atomic mass is 10.0. The summed E-state index contributed by atoms with van der Waals surface area (Å²) in [4.78, 5) is 34.0. The van der Waals surface area contributed by atoms with E-state index in [-0.39, 0.29) is 11.7 Å². The van der Waals surface area contributed by atoms with E-state index in [0.29, 0.717) is 5.16 Å². The van der Waals surface area contributed by atoms with Crippen molar-refractivity contribution in [2.45, 2.75) is 17.3 Å². The maximum absolute atomic E-state index is 12.5. The van der Waals surface area contributed by atoms with Crippen LogP contribution in [0.2, 0.25) is 0 Å². The first-order chi connectivity index (χ1) is 14.8. The van der Waals surface area contributed by atoms with Crippen LogP contribution in [-0.2, 0) is 9.59 Å². The highest BCUT2D eigenvalue weighted by atomic mass is 32.2. The van der Waals surface area contributed by atoms with Crippen molar-refractivity contribution in [2.75, 3.05) is 28.3 Å². The number of Topliss-reactive ketones (excluding diaryl/α,β-unsaturated/α-hetero) is 1. The molecule has 1 N–H and O–H groups in total. The lowest BCUT2D eigenvalue weighted by Gasteiger charge is -2.16.